The van der Waals surface area contributed by atoms with Crippen LogP contribution in [0, 0.1) is 0 Å². The number of piperidine rings is 1. The van der Waals surface area contributed by atoms with Crippen LogP contribution in [0.15, 0.2) is 35.3 Å². The average Bonchev–Trinajstić information content (AvgIpc) is 2.68. The summed E-state index contributed by atoms with van der Waals surface area (Å²) in [6.45, 7) is 4.28. The van der Waals surface area contributed by atoms with Crippen LogP contribution in [-0.2, 0) is 16.1 Å². The van der Waals surface area contributed by atoms with Gasteiger partial charge in [0.1, 0.15) is 0 Å². The van der Waals surface area contributed by atoms with E-state index in [0.29, 0.717) is 32.3 Å². The fraction of sp³-hybridized carbons (Fsp3) is 0.579. The summed E-state index contributed by atoms with van der Waals surface area (Å²) >= 11 is 0. The van der Waals surface area contributed by atoms with Crippen LogP contribution in [-0.4, -0.2) is 69.7 Å². The molecule has 1 fully saturated rings. The predicted octanol–water partition coefficient (Wildman–Crippen LogP) is 0.579. The van der Waals surface area contributed by atoms with E-state index in [1.165, 1.54) is 5.56 Å². The molecule has 0 saturated carbocycles. The van der Waals surface area contributed by atoms with Crippen molar-refractivity contribution in [3.63, 3.8) is 0 Å². The van der Waals surface area contributed by atoms with E-state index in [2.05, 4.69) is 38.0 Å². The average molecular weight is 361 g/mol. The van der Waals surface area contributed by atoms with Crippen LogP contribution in [0.4, 0.5) is 0 Å². The van der Waals surface area contributed by atoms with Gasteiger partial charge in [-0.1, -0.05) is 30.3 Å². The van der Waals surface area contributed by atoms with Crippen LogP contribution in [0.1, 0.15) is 18.4 Å². The minimum absolute atomic E-state index is 0.0735. The number of nitrogens with zero attached hydrogens (tertiary/aromatic N) is 2. The topological polar surface area (TPSA) is 78.0 Å². The fourth-order valence-electron chi connectivity index (χ4n) is 2.91. The number of aliphatic imine (C=N–C) groups is 1. The smallest absolute Gasteiger partial charge is 0.233 e. The van der Waals surface area contributed by atoms with Crippen molar-refractivity contribution in [1.82, 2.24) is 20.9 Å². The van der Waals surface area contributed by atoms with E-state index < -0.39 is 0 Å². The third-order valence-corrected chi connectivity index (χ3v) is 4.45. The van der Waals surface area contributed by atoms with Crippen LogP contribution >= 0.6 is 0 Å². The van der Waals surface area contributed by atoms with Gasteiger partial charge in [0.05, 0.1) is 19.8 Å². The van der Waals surface area contributed by atoms with Crippen molar-refractivity contribution in [1.29, 1.82) is 0 Å². The number of guanidine groups is 1. The first-order valence-corrected chi connectivity index (χ1v) is 9.23. The Labute approximate surface area is 156 Å². The highest BCUT2D eigenvalue weighted by Gasteiger charge is 2.21. The van der Waals surface area contributed by atoms with Crippen molar-refractivity contribution < 1.29 is 9.53 Å². The lowest BCUT2D eigenvalue weighted by Gasteiger charge is -2.32. The first kappa shape index (κ1) is 20.2. The number of nitrogens with one attached hydrogen (secondary N) is 3. The number of rotatable bonds is 8. The Morgan fingerprint density at radius 2 is 2.00 bits per heavy atom. The van der Waals surface area contributed by atoms with Crippen LogP contribution < -0.4 is 16.0 Å². The van der Waals surface area contributed by atoms with Gasteiger partial charge in [0.2, 0.25) is 5.91 Å². The molecule has 3 N–H and O–H groups in total. The van der Waals surface area contributed by atoms with Crippen molar-refractivity contribution in [2.24, 2.45) is 4.99 Å². The normalized spacial score (nSPS) is 16.3. The first-order valence-electron chi connectivity index (χ1n) is 9.23. The Bertz CT molecular complexity index is 556. The Morgan fingerprint density at radius 1 is 1.27 bits per heavy atom. The second-order valence-corrected chi connectivity index (χ2v) is 6.41. The zero-order valence-corrected chi connectivity index (χ0v) is 15.8. The summed E-state index contributed by atoms with van der Waals surface area (Å²) in [5.41, 5.74) is 1.18. The van der Waals surface area contributed by atoms with Crippen molar-refractivity contribution >= 4 is 11.9 Å². The van der Waals surface area contributed by atoms with Gasteiger partial charge < -0.3 is 20.7 Å². The molecule has 0 aliphatic carbocycles. The number of likely N-dealkylation sites (tertiary alicyclic amines) is 1. The van der Waals surface area contributed by atoms with E-state index in [1.54, 1.807) is 14.1 Å². The van der Waals surface area contributed by atoms with Gasteiger partial charge in [-0.25, -0.2) is 0 Å². The van der Waals surface area contributed by atoms with Gasteiger partial charge in [0, 0.05) is 39.8 Å². The molecule has 1 aromatic rings. The standard InChI is InChI=1S/C19H31N5O2/c1-20-18(25)14-24-11-8-17(9-12-24)23-19(21-2)22-10-13-26-15-16-6-4-3-5-7-16/h3-7,17H,8-15H2,1-2H3,(H,20,25)(H2,21,22,23). The molecule has 1 aliphatic heterocycles. The summed E-state index contributed by atoms with van der Waals surface area (Å²) in [5, 5.41) is 9.42. The Kier molecular flexibility index (Phi) is 8.92. The zero-order valence-electron chi connectivity index (χ0n) is 15.8. The van der Waals surface area contributed by atoms with E-state index in [1.807, 2.05) is 18.2 Å². The molecule has 0 radical (unpaired) electrons. The molecule has 1 aromatic carbocycles. The molecule has 1 amide bonds. The number of hydrogen-bond acceptors (Lipinski definition) is 4. The summed E-state index contributed by atoms with van der Waals surface area (Å²) in [7, 11) is 3.46. The molecule has 26 heavy (non-hydrogen) atoms. The molecule has 0 atom stereocenters. The lowest BCUT2D eigenvalue weighted by molar-refractivity contribution is -0.122. The molecule has 1 heterocycles. The number of amides is 1. The highest BCUT2D eigenvalue weighted by atomic mass is 16.5. The summed E-state index contributed by atoms with van der Waals surface area (Å²) in [6, 6.07) is 10.5. The van der Waals surface area contributed by atoms with Gasteiger partial charge in [-0.05, 0) is 18.4 Å². The zero-order chi connectivity index (χ0) is 18.6. The van der Waals surface area contributed by atoms with E-state index in [0.717, 1.165) is 31.9 Å². The Morgan fingerprint density at radius 3 is 2.65 bits per heavy atom. The lowest BCUT2D eigenvalue weighted by Crippen LogP contribution is -2.50. The third kappa shape index (κ3) is 7.41. The minimum atomic E-state index is 0.0735. The Balaban J connectivity index is 1.58. The molecule has 1 saturated heterocycles. The van der Waals surface area contributed by atoms with Gasteiger partial charge in [-0.15, -0.1) is 0 Å². The molecule has 1 aliphatic rings. The van der Waals surface area contributed by atoms with Crippen molar-refractivity contribution in [2.45, 2.75) is 25.5 Å². The van der Waals surface area contributed by atoms with Crippen LogP contribution in [0.2, 0.25) is 0 Å². The quantitative estimate of drug-likeness (QED) is 0.359. The van der Waals surface area contributed by atoms with Gasteiger partial charge >= 0.3 is 0 Å². The van der Waals surface area contributed by atoms with Crippen LogP contribution in [0.3, 0.4) is 0 Å². The molecule has 0 bridgehead atoms. The van der Waals surface area contributed by atoms with Crippen molar-refractivity contribution in [2.75, 3.05) is 46.9 Å². The number of benzene rings is 1. The number of carbonyl (C=O) groups excluding carboxylic acids is 1. The maximum atomic E-state index is 11.4. The molecule has 7 heteroatoms. The lowest BCUT2D eigenvalue weighted by atomic mass is 10.1. The van der Waals surface area contributed by atoms with Gasteiger partial charge in [0.25, 0.3) is 0 Å². The molecule has 0 unspecified atom stereocenters. The maximum Gasteiger partial charge on any atom is 0.233 e. The van der Waals surface area contributed by atoms with Crippen LogP contribution in [0.5, 0.6) is 0 Å². The summed E-state index contributed by atoms with van der Waals surface area (Å²) in [5.74, 6) is 0.877. The predicted molar refractivity (Wildman–Crippen MR) is 104 cm³/mol. The maximum absolute atomic E-state index is 11.4. The molecule has 0 spiro atoms. The second-order valence-electron chi connectivity index (χ2n) is 6.41. The summed E-state index contributed by atoms with van der Waals surface area (Å²) < 4.78 is 5.68. The van der Waals surface area contributed by atoms with Gasteiger partial charge in [-0.3, -0.25) is 14.7 Å². The number of hydrogen-bond donors (Lipinski definition) is 3. The van der Waals surface area contributed by atoms with Gasteiger partial charge in [-0.2, -0.15) is 0 Å². The number of carbonyl (C=O) groups is 1. The third-order valence-electron chi connectivity index (χ3n) is 4.45. The van der Waals surface area contributed by atoms with Crippen LogP contribution in [0.25, 0.3) is 0 Å². The number of ether oxygens (including phenoxy) is 1. The molecule has 144 valence electrons. The number of likely N-dealkylation sites (N-methyl/N-ethyl adjacent to an activating group) is 1. The molecule has 2 rings (SSSR count). The SMILES string of the molecule is CN=C(NCCOCc1ccccc1)NC1CCN(CC(=O)NC)CC1. The van der Waals surface area contributed by atoms with E-state index in [-0.39, 0.29) is 5.91 Å². The van der Waals surface area contributed by atoms with Crippen molar-refractivity contribution in [3.05, 3.63) is 35.9 Å². The van der Waals surface area contributed by atoms with E-state index in [4.69, 9.17) is 4.74 Å². The van der Waals surface area contributed by atoms with E-state index >= 15 is 0 Å². The molecular weight excluding hydrogens is 330 g/mol. The summed E-state index contributed by atoms with van der Waals surface area (Å²) in [4.78, 5) is 17.9. The van der Waals surface area contributed by atoms with E-state index in [9.17, 15) is 4.79 Å². The monoisotopic (exact) mass is 361 g/mol. The molecular formula is C19H31N5O2. The van der Waals surface area contributed by atoms with Crippen molar-refractivity contribution in [3.8, 4) is 0 Å². The Hall–Kier alpha value is -2.12. The highest BCUT2D eigenvalue weighted by molar-refractivity contribution is 5.80. The summed E-state index contributed by atoms with van der Waals surface area (Å²) in [6.07, 6.45) is 2.00. The molecule has 0 aromatic heterocycles. The molecule has 7 nitrogen and oxygen atoms in total. The first-order chi connectivity index (χ1) is 12.7. The largest absolute Gasteiger partial charge is 0.375 e. The van der Waals surface area contributed by atoms with Gasteiger partial charge in [0.15, 0.2) is 5.96 Å². The highest BCUT2D eigenvalue weighted by Crippen LogP contribution is 2.09. The second kappa shape index (κ2) is 11.5. The fourth-order valence-corrected chi connectivity index (χ4v) is 2.91. The minimum Gasteiger partial charge on any atom is -0.375 e.